The summed E-state index contributed by atoms with van der Waals surface area (Å²) < 4.78 is 1.53. The van der Waals surface area contributed by atoms with Gasteiger partial charge in [-0.15, -0.1) is 10.2 Å². The SMILES string of the molecule is CCc1nnc(NC(=O)c2nn(C)c3ccc(C)cc3c2=O)s1. The number of rotatable bonds is 3. The fourth-order valence-corrected chi connectivity index (χ4v) is 2.92. The number of hydrogen-bond donors (Lipinski definition) is 1. The third-order valence-electron chi connectivity index (χ3n) is 3.42. The topological polar surface area (TPSA) is 89.8 Å². The van der Waals surface area contributed by atoms with E-state index in [4.69, 9.17) is 0 Å². The van der Waals surface area contributed by atoms with Gasteiger partial charge in [0.2, 0.25) is 10.6 Å². The van der Waals surface area contributed by atoms with E-state index in [-0.39, 0.29) is 11.1 Å². The second-order valence-corrected chi connectivity index (χ2v) is 6.19. The van der Waals surface area contributed by atoms with Gasteiger partial charge in [0.15, 0.2) is 5.69 Å². The van der Waals surface area contributed by atoms with E-state index in [0.29, 0.717) is 16.0 Å². The first-order valence-corrected chi connectivity index (χ1v) is 7.92. The summed E-state index contributed by atoms with van der Waals surface area (Å²) in [5.41, 5.74) is 1.09. The van der Waals surface area contributed by atoms with Gasteiger partial charge in [0.1, 0.15) is 5.01 Å². The van der Waals surface area contributed by atoms with Crippen molar-refractivity contribution in [2.45, 2.75) is 20.3 Å². The van der Waals surface area contributed by atoms with Gasteiger partial charge in [0, 0.05) is 7.05 Å². The number of aromatic nitrogens is 4. The number of anilines is 1. The Bertz CT molecular complexity index is 960. The molecular weight excluding hydrogens is 314 g/mol. The van der Waals surface area contributed by atoms with Crippen molar-refractivity contribution in [1.82, 2.24) is 20.0 Å². The standard InChI is InChI=1S/C15H15N5O2S/c1-4-11-17-18-15(23-11)16-14(22)12-13(21)9-7-8(2)5-6-10(9)20(3)19-12/h5-7H,4H2,1-3H3,(H,16,18,22). The van der Waals surface area contributed by atoms with Crippen LogP contribution in [-0.4, -0.2) is 25.9 Å². The summed E-state index contributed by atoms with van der Waals surface area (Å²) in [6, 6.07) is 5.48. The van der Waals surface area contributed by atoms with E-state index in [1.54, 1.807) is 13.1 Å². The van der Waals surface area contributed by atoms with Crippen molar-refractivity contribution in [3.05, 3.63) is 44.7 Å². The summed E-state index contributed by atoms with van der Waals surface area (Å²) in [6.07, 6.45) is 0.739. The third kappa shape index (κ3) is 2.85. The second-order valence-electron chi connectivity index (χ2n) is 5.13. The van der Waals surface area contributed by atoms with Crippen LogP contribution >= 0.6 is 11.3 Å². The highest BCUT2D eigenvalue weighted by molar-refractivity contribution is 7.15. The number of nitrogens with one attached hydrogen (secondary N) is 1. The molecule has 3 aromatic rings. The van der Waals surface area contributed by atoms with Gasteiger partial charge in [0.05, 0.1) is 10.9 Å². The van der Waals surface area contributed by atoms with Crippen LogP contribution in [0.15, 0.2) is 23.0 Å². The minimum Gasteiger partial charge on any atom is -0.295 e. The summed E-state index contributed by atoms with van der Waals surface area (Å²) in [5.74, 6) is -0.576. The van der Waals surface area contributed by atoms with Gasteiger partial charge < -0.3 is 0 Å². The average molecular weight is 329 g/mol. The highest BCUT2D eigenvalue weighted by Gasteiger charge is 2.18. The van der Waals surface area contributed by atoms with E-state index >= 15 is 0 Å². The lowest BCUT2D eigenvalue weighted by molar-refractivity contribution is 0.101. The Hall–Kier alpha value is -2.61. The molecule has 0 aliphatic rings. The third-order valence-corrected chi connectivity index (χ3v) is 4.40. The van der Waals surface area contributed by atoms with Crippen LogP contribution in [0.25, 0.3) is 10.9 Å². The van der Waals surface area contributed by atoms with Gasteiger partial charge in [-0.1, -0.05) is 29.9 Å². The second kappa shape index (κ2) is 5.88. The molecular formula is C15H15N5O2S. The summed E-state index contributed by atoms with van der Waals surface area (Å²) in [4.78, 5) is 24.9. The van der Waals surface area contributed by atoms with E-state index in [1.165, 1.54) is 16.0 Å². The molecule has 0 saturated heterocycles. The molecule has 0 saturated carbocycles. The molecule has 0 atom stereocenters. The molecule has 0 aliphatic carbocycles. The van der Waals surface area contributed by atoms with Gasteiger partial charge in [-0.2, -0.15) is 5.10 Å². The molecule has 0 radical (unpaired) electrons. The predicted molar refractivity (Wildman–Crippen MR) is 89.0 cm³/mol. The zero-order valence-electron chi connectivity index (χ0n) is 13.0. The molecule has 1 aromatic carbocycles. The first kappa shape index (κ1) is 15.3. The maximum Gasteiger partial charge on any atom is 0.282 e. The zero-order valence-corrected chi connectivity index (χ0v) is 13.8. The molecule has 118 valence electrons. The quantitative estimate of drug-likeness (QED) is 0.793. The number of fused-ring (bicyclic) bond motifs is 1. The molecule has 8 heteroatoms. The van der Waals surface area contributed by atoms with E-state index in [2.05, 4.69) is 20.6 Å². The molecule has 3 rings (SSSR count). The van der Waals surface area contributed by atoms with Crippen LogP contribution in [0.4, 0.5) is 5.13 Å². The molecule has 0 fully saturated rings. The first-order chi connectivity index (χ1) is 11.0. The molecule has 1 amide bonds. The largest absolute Gasteiger partial charge is 0.295 e. The zero-order chi connectivity index (χ0) is 16.6. The Morgan fingerprint density at radius 3 is 2.83 bits per heavy atom. The van der Waals surface area contributed by atoms with Gasteiger partial charge in [-0.25, -0.2) is 0 Å². The molecule has 23 heavy (non-hydrogen) atoms. The van der Waals surface area contributed by atoms with Crippen molar-refractivity contribution in [3.8, 4) is 0 Å². The van der Waals surface area contributed by atoms with Gasteiger partial charge >= 0.3 is 0 Å². The van der Waals surface area contributed by atoms with E-state index < -0.39 is 5.91 Å². The fourth-order valence-electron chi connectivity index (χ4n) is 2.24. The van der Waals surface area contributed by atoms with E-state index in [0.717, 1.165) is 17.0 Å². The predicted octanol–water partition coefficient (Wildman–Crippen LogP) is 1.91. The van der Waals surface area contributed by atoms with Crippen molar-refractivity contribution in [1.29, 1.82) is 0 Å². The number of carbonyl (C=O) groups excluding carboxylic acids is 1. The Morgan fingerprint density at radius 1 is 1.35 bits per heavy atom. The molecule has 2 aromatic heterocycles. The summed E-state index contributed by atoms with van der Waals surface area (Å²) in [7, 11) is 1.70. The van der Waals surface area contributed by atoms with Crippen LogP contribution in [0, 0.1) is 6.92 Å². The summed E-state index contributed by atoms with van der Waals surface area (Å²) in [5, 5.41) is 16.2. The van der Waals surface area contributed by atoms with Crippen LogP contribution in [0.2, 0.25) is 0 Å². The van der Waals surface area contributed by atoms with Gasteiger partial charge in [-0.05, 0) is 25.5 Å². The average Bonchev–Trinajstić information content (AvgIpc) is 2.98. The summed E-state index contributed by atoms with van der Waals surface area (Å²) >= 11 is 1.28. The minimum absolute atomic E-state index is 0.154. The smallest absolute Gasteiger partial charge is 0.282 e. The maximum atomic E-state index is 12.6. The maximum absolute atomic E-state index is 12.6. The number of amides is 1. The van der Waals surface area contributed by atoms with Crippen LogP contribution < -0.4 is 10.7 Å². The highest BCUT2D eigenvalue weighted by atomic mass is 32.1. The van der Waals surface area contributed by atoms with E-state index in [1.807, 2.05) is 26.0 Å². The lowest BCUT2D eigenvalue weighted by Crippen LogP contribution is -2.26. The van der Waals surface area contributed by atoms with Crippen molar-refractivity contribution < 1.29 is 4.79 Å². The Morgan fingerprint density at radius 2 is 2.13 bits per heavy atom. The number of nitrogens with zero attached hydrogens (tertiary/aromatic N) is 4. The molecule has 2 heterocycles. The molecule has 0 spiro atoms. The van der Waals surface area contributed by atoms with Crippen molar-refractivity contribution in [3.63, 3.8) is 0 Å². The molecule has 7 nitrogen and oxygen atoms in total. The molecule has 1 N–H and O–H groups in total. The van der Waals surface area contributed by atoms with Crippen LogP contribution in [0.3, 0.4) is 0 Å². The number of hydrogen-bond acceptors (Lipinski definition) is 6. The van der Waals surface area contributed by atoms with Crippen LogP contribution in [-0.2, 0) is 13.5 Å². The minimum atomic E-state index is -0.576. The van der Waals surface area contributed by atoms with E-state index in [9.17, 15) is 9.59 Å². The van der Waals surface area contributed by atoms with Crippen LogP contribution in [0.1, 0.15) is 28.0 Å². The van der Waals surface area contributed by atoms with Gasteiger partial charge in [-0.3, -0.25) is 19.6 Å². The Balaban J connectivity index is 2.03. The molecule has 0 unspecified atom stereocenters. The Labute approximate surface area is 136 Å². The monoisotopic (exact) mass is 329 g/mol. The normalized spacial score (nSPS) is 10.9. The van der Waals surface area contributed by atoms with Crippen molar-refractivity contribution in [2.24, 2.45) is 7.05 Å². The van der Waals surface area contributed by atoms with Gasteiger partial charge in [0.25, 0.3) is 5.91 Å². The molecule has 0 aliphatic heterocycles. The lowest BCUT2D eigenvalue weighted by atomic mass is 10.1. The first-order valence-electron chi connectivity index (χ1n) is 7.11. The Kier molecular flexibility index (Phi) is 3.91. The van der Waals surface area contributed by atoms with Crippen molar-refractivity contribution >= 4 is 33.3 Å². The number of benzene rings is 1. The highest BCUT2D eigenvalue weighted by Crippen LogP contribution is 2.16. The summed E-state index contributed by atoms with van der Waals surface area (Å²) in [6.45, 7) is 3.85. The number of carbonyl (C=O) groups is 1. The van der Waals surface area contributed by atoms with Crippen molar-refractivity contribution in [2.75, 3.05) is 5.32 Å². The lowest BCUT2D eigenvalue weighted by Gasteiger charge is -2.07. The number of aryl methyl sites for hydroxylation is 3. The molecule has 0 bridgehead atoms. The van der Waals surface area contributed by atoms with Crippen LogP contribution in [0.5, 0.6) is 0 Å². The fraction of sp³-hybridized carbons (Fsp3) is 0.267.